The van der Waals surface area contributed by atoms with Crippen molar-refractivity contribution >= 4 is 10.0 Å². The Morgan fingerprint density at radius 1 is 0.944 bits per heavy atom. The quantitative estimate of drug-likeness (QED) is 0.702. The van der Waals surface area contributed by atoms with Gasteiger partial charge in [0.15, 0.2) is 0 Å². The summed E-state index contributed by atoms with van der Waals surface area (Å²) in [5, 5.41) is -0.489. The second-order valence-corrected chi connectivity index (χ2v) is 8.21. The van der Waals surface area contributed by atoms with E-state index in [1.807, 2.05) is 0 Å². The number of hydrogen-bond acceptors (Lipinski definition) is 3. The monoisotopic (exact) mass is 278 g/mol. The third kappa shape index (κ3) is 6.16. The predicted octanol–water partition coefficient (Wildman–Crippen LogP) is 2.06. The van der Waals surface area contributed by atoms with E-state index in [1.165, 1.54) is 0 Å². The first-order chi connectivity index (χ1) is 8.21. The van der Waals surface area contributed by atoms with Gasteiger partial charge in [0.1, 0.15) is 0 Å². The second-order valence-electron chi connectivity index (χ2n) is 5.86. The van der Waals surface area contributed by atoms with Gasteiger partial charge >= 0.3 is 0 Å². The van der Waals surface area contributed by atoms with Crippen LogP contribution in [-0.2, 0) is 10.0 Å². The molecule has 0 saturated heterocycles. The van der Waals surface area contributed by atoms with Crippen molar-refractivity contribution < 1.29 is 8.42 Å². The molecule has 0 bridgehead atoms. The molecule has 0 saturated carbocycles. The lowest BCUT2D eigenvalue weighted by molar-refractivity contribution is 0.353. The maximum Gasteiger partial charge on any atom is 0.217 e. The fourth-order valence-corrected chi connectivity index (χ4v) is 3.02. The summed E-state index contributed by atoms with van der Waals surface area (Å²) in [5.74, 6) is 1.02. The van der Waals surface area contributed by atoms with E-state index in [2.05, 4.69) is 27.7 Å². The molecule has 0 radical (unpaired) electrons. The van der Waals surface area contributed by atoms with Crippen molar-refractivity contribution in [2.24, 2.45) is 17.6 Å². The Morgan fingerprint density at radius 2 is 1.33 bits per heavy atom. The van der Waals surface area contributed by atoms with Crippen LogP contribution in [0.4, 0.5) is 0 Å². The summed E-state index contributed by atoms with van der Waals surface area (Å²) < 4.78 is 26.3. The van der Waals surface area contributed by atoms with Crippen LogP contribution in [0.15, 0.2) is 0 Å². The van der Waals surface area contributed by atoms with Gasteiger partial charge in [-0.15, -0.1) is 0 Å². The van der Waals surface area contributed by atoms with Crippen LogP contribution in [0, 0.1) is 11.8 Å². The Kier molecular flexibility index (Phi) is 8.06. The molecule has 5 heteroatoms. The number of nitrogens with zero attached hydrogens (tertiary/aromatic N) is 1. The minimum atomic E-state index is -3.23. The van der Waals surface area contributed by atoms with E-state index in [0.29, 0.717) is 24.9 Å². The van der Waals surface area contributed by atoms with Crippen molar-refractivity contribution in [1.29, 1.82) is 0 Å². The van der Waals surface area contributed by atoms with Crippen molar-refractivity contribution in [1.82, 2.24) is 4.31 Å². The van der Waals surface area contributed by atoms with Crippen molar-refractivity contribution in [3.8, 4) is 0 Å². The Morgan fingerprint density at radius 3 is 1.61 bits per heavy atom. The van der Waals surface area contributed by atoms with Gasteiger partial charge in [-0.1, -0.05) is 27.7 Å². The first-order valence-electron chi connectivity index (χ1n) is 6.90. The number of hydrogen-bond donors (Lipinski definition) is 1. The highest BCUT2D eigenvalue weighted by molar-refractivity contribution is 7.89. The maximum absolute atomic E-state index is 12.3. The molecule has 0 rings (SSSR count). The van der Waals surface area contributed by atoms with Crippen LogP contribution < -0.4 is 5.73 Å². The van der Waals surface area contributed by atoms with Gasteiger partial charge in [0.25, 0.3) is 0 Å². The van der Waals surface area contributed by atoms with E-state index >= 15 is 0 Å². The molecule has 0 amide bonds. The lowest BCUT2D eigenvalue weighted by Crippen LogP contribution is -2.42. The zero-order chi connectivity index (χ0) is 14.3. The summed E-state index contributed by atoms with van der Waals surface area (Å²) in [6.45, 7) is 11.5. The van der Waals surface area contributed by atoms with Gasteiger partial charge in [-0.25, -0.2) is 12.7 Å². The van der Waals surface area contributed by atoms with Crippen LogP contribution in [0.5, 0.6) is 0 Å². The Hall–Kier alpha value is -0.130. The number of nitrogens with two attached hydrogens (primary N) is 1. The molecule has 0 aromatic rings. The molecule has 0 aliphatic heterocycles. The van der Waals surface area contributed by atoms with Crippen molar-refractivity contribution in [2.75, 3.05) is 19.6 Å². The normalized spacial score (nSPS) is 14.7. The molecular weight excluding hydrogens is 248 g/mol. The Labute approximate surface area is 113 Å². The summed E-state index contributed by atoms with van der Waals surface area (Å²) in [6, 6.07) is 0. The van der Waals surface area contributed by atoms with Crippen LogP contribution in [0.1, 0.15) is 47.5 Å². The molecular formula is C13H30N2O2S. The van der Waals surface area contributed by atoms with E-state index < -0.39 is 15.3 Å². The highest BCUT2D eigenvalue weighted by Crippen LogP contribution is 2.14. The van der Waals surface area contributed by atoms with Gasteiger partial charge in [-0.05, 0) is 31.6 Å². The molecule has 1 atom stereocenters. The largest absolute Gasteiger partial charge is 0.329 e. The third-order valence-electron chi connectivity index (χ3n) is 3.11. The Bertz CT molecular complexity index is 301. The van der Waals surface area contributed by atoms with Crippen LogP contribution in [0.2, 0.25) is 0 Å². The highest BCUT2D eigenvalue weighted by atomic mass is 32.2. The SMILES string of the molecule is CC(C)CCN(CCC(C)C)S(=O)(=O)C(C)CN. The zero-order valence-electron chi connectivity index (χ0n) is 12.5. The van der Waals surface area contributed by atoms with Gasteiger partial charge in [0.05, 0.1) is 5.25 Å². The van der Waals surface area contributed by atoms with Gasteiger partial charge in [-0.2, -0.15) is 0 Å². The fraction of sp³-hybridized carbons (Fsp3) is 1.00. The van der Waals surface area contributed by atoms with E-state index in [-0.39, 0.29) is 6.54 Å². The molecule has 4 nitrogen and oxygen atoms in total. The number of rotatable bonds is 9. The highest BCUT2D eigenvalue weighted by Gasteiger charge is 2.27. The minimum absolute atomic E-state index is 0.183. The summed E-state index contributed by atoms with van der Waals surface area (Å²) in [4.78, 5) is 0. The molecule has 0 fully saturated rings. The molecule has 0 spiro atoms. The molecule has 18 heavy (non-hydrogen) atoms. The molecule has 110 valence electrons. The van der Waals surface area contributed by atoms with E-state index in [0.717, 1.165) is 12.8 Å². The molecule has 0 aliphatic carbocycles. The molecule has 1 unspecified atom stereocenters. The average Bonchev–Trinajstić information content (AvgIpc) is 2.26. The topological polar surface area (TPSA) is 63.4 Å². The summed E-state index contributed by atoms with van der Waals surface area (Å²) in [6.07, 6.45) is 1.79. The minimum Gasteiger partial charge on any atom is -0.329 e. The van der Waals surface area contributed by atoms with Crippen LogP contribution >= 0.6 is 0 Å². The van der Waals surface area contributed by atoms with Crippen molar-refractivity contribution in [3.63, 3.8) is 0 Å². The van der Waals surface area contributed by atoms with Crippen molar-refractivity contribution in [3.05, 3.63) is 0 Å². The molecule has 0 aliphatic rings. The summed E-state index contributed by atoms with van der Waals surface area (Å²) in [5.41, 5.74) is 5.50. The fourth-order valence-electron chi connectivity index (χ4n) is 1.55. The van der Waals surface area contributed by atoms with Gasteiger partial charge in [-0.3, -0.25) is 0 Å². The van der Waals surface area contributed by atoms with Crippen molar-refractivity contribution in [2.45, 2.75) is 52.7 Å². The maximum atomic E-state index is 12.3. The molecule has 0 aromatic carbocycles. The lowest BCUT2D eigenvalue weighted by Gasteiger charge is -2.26. The van der Waals surface area contributed by atoms with E-state index in [4.69, 9.17) is 5.73 Å². The van der Waals surface area contributed by atoms with Gasteiger partial charge in [0, 0.05) is 19.6 Å². The van der Waals surface area contributed by atoms with Crippen LogP contribution in [-0.4, -0.2) is 37.6 Å². The summed E-state index contributed by atoms with van der Waals surface area (Å²) >= 11 is 0. The first-order valence-corrected chi connectivity index (χ1v) is 8.41. The Balaban J connectivity index is 4.73. The molecule has 0 aromatic heterocycles. The lowest BCUT2D eigenvalue weighted by atomic mass is 10.1. The third-order valence-corrected chi connectivity index (χ3v) is 5.41. The average molecular weight is 278 g/mol. The number of sulfonamides is 1. The molecule has 2 N–H and O–H groups in total. The van der Waals surface area contributed by atoms with Crippen LogP contribution in [0.3, 0.4) is 0 Å². The van der Waals surface area contributed by atoms with Gasteiger partial charge in [0.2, 0.25) is 10.0 Å². The second kappa shape index (κ2) is 8.12. The van der Waals surface area contributed by atoms with Gasteiger partial charge < -0.3 is 5.73 Å². The predicted molar refractivity (Wildman–Crippen MR) is 77.9 cm³/mol. The van der Waals surface area contributed by atoms with E-state index in [9.17, 15) is 8.42 Å². The zero-order valence-corrected chi connectivity index (χ0v) is 13.3. The summed E-state index contributed by atoms with van der Waals surface area (Å²) in [7, 11) is -3.23. The standard InChI is InChI=1S/C13H30N2O2S/c1-11(2)6-8-15(9-7-12(3)4)18(16,17)13(5)10-14/h11-13H,6-10,14H2,1-5H3. The van der Waals surface area contributed by atoms with E-state index in [1.54, 1.807) is 11.2 Å². The first kappa shape index (κ1) is 17.9. The molecule has 0 heterocycles. The smallest absolute Gasteiger partial charge is 0.217 e. The van der Waals surface area contributed by atoms with Crippen LogP contribution in [0.25, 0.3) is 0 Å².